The minimum absolute atomic E-state index is 0.121. The molecule has 4 unspecified atom stereocenters. The fraction of sp³-hybridized carbons (Fsp3) is 0.240. The fourth-order valence-electron chi connectivity index (χ4n) is 8.74. The molecule has 0 spiro atoms. The summed E-state index contributed by atoms with van der Waals surface area (Å²) >= 11 is 5.96. The molecule has 0 bridgehead atoms. The van der Waals surface area contributed by atoms with Crippen molar-refractivity contribution >= 4 is 69.1 Å². The number of fused-ring (bicyclic) bond motifs is 6. The third kappa shape index (κ3) is 8.70. The number of rotatable bonds is 10. The van der Waals surface area contributed by atoms with Crippen molar-refractivity contribution in [1.82, 2.24) is 19.8 Å². The van der Waals surface area contributed by atoms with Gasteiger partial charge in [-0.05, 0) is 76.9 Å². The Kier molecular flexibility index (Phi) is 13.9. The van der Waals surface area contributed by atoms with E-state index in [1.165, 1.54) is 44.3 Å². The highest BCUT2D eigenvalue weighted by atomic mass is 35.5. The van der Waals surface area contributed by atoms with E-state index >= 15 is 0 Å². The molecule has 4 aromatic carbocycles. The van der Waals surface area contributed by atoms with E-state index in [4.69, 9.17) is 41.7 Å². The van der Waals surface area contributed by atoms with Crippen LogP contribution < -0.4 is 4.74 Å². The number of aromatic amines is 2. The molecule has 8 rings (SSSR count). The number of carbonyl (C=O) groups excluding carboxylic acids is 6. The second-order valence-corrected chi connectivity index (χ2v) is 15.5. The number of alkyl halides is 1. The number of nitrogens with zero attached hydrogens (tertiary/aromatic N) is 2. The minimum Gasteiger partial charge on any atom is -0.481 e. The first-order valence-electron chi connectivity index (χ1n) is 20.6. The van der Waals surface area contributed by atoms with Crippen molar-refractivity contribution < 1.29 is 52.5 Å². The number of halogens is 1. The Morgan fingerprint density at radius 3 is 1.70 bits per heavy atom. The van der Waals surface area contributed by atoms with Crippen molar-refractivity contribution in [2.24, 2.45) is 0 Å². The maximum atomic E-state index is 13.1. The van der Waals surface area contributed by atoms with Gasteiger partial charge in [0.05, 0.1) is 51.6 Å². The summed E-state index contributed by atoms with van der Waals surface area (Å²) in [5.74, 6) is -0.0847. The summed E-state index contributed by atoms with van der Waals surface area (Å²) in [6.45, 7) is 3.74. The van der Waals surface area contributed by atoms with Crippen molar-refractivity contribution in [3.05, 3.63) is 148 Å². The van der Waals surface area contributed by atoms with Crippen molar-refractivity contribution in [3.8, 4) is 18.1 Å². The molecule has 2 amide bonds. The summed E-state index contributed by atoms with van der Waals surface area (Å²) in [6.07, 6.45) is 7.05. The predicted molar refractivity (Wildman–Crippen MR) is 244 cm³/mol. The average molecular weight is 913 g/mol. The summed E-state index contributed by atoms with van der Waals surface area (Å²) in [5.41, 5.74) is 7.27. The zero-order valence-corrected chi connectivity index (χ0v) is 37.2. The third-order valence-electron chi connectivity index (χ3n) is 11.7. The van der Waals surface area contributed by atoms with Gasteiger partial charge < -0.3 is 43.5 Å². The van der Waals surface area contributed by atoms with Gasteiger partial charge in [0.2, 0.25) is 11.8 Å². The summed E-state index contributed by atoms with van der Waals surface area (Å²) < 4.78 is 25.2. The standard InChI is InChI=1S/C26H23ClN2O6.C24H22N2O5/c1-4-11-35-17-9-10-20-18(12-17)19-13-21(26(32)34-3)29(22(30)14-27)24(23(19)28-20)15-5-7-16(8-6-15)25(31)33-2;1-4-20(27)26-19(24(29)31-3)13-17-16-7-5-6-8-18(16)25-21(17)22(26)14-9-11-15(12-10-14)23(28)30-2/h1,5-10,12,21,24,28H,11,13-14H2,2-3H3;4-12,19,22,25H,1,13H2,2-3H3. The fourth-order valence-corrected chi connectivity index (χ4v) is 8.88. The number of carbonyl (C=O) groups is 6. The SMILES string of the molecule is C#CCOc1ccc2[nH]c3c(c2c1)CC(C(=O)OC)N(C(=O)CCl)C3c1ccc(C(=O)OC)cc1.C=CC(=O)N1C(C(=O)OC)Cc2c([nH]c3ccccc23)C1c1ccc(C(=O)OC)cc1. The van der Waals surface area contributed by atoms with Crippen molar-refractivity contribution in [2.75, 3.05) is 40.9 Å². The van der Waals surface area contributed by atoms with Crippen LogP contribution in [0, 0.1) is 12.3 Å². The Morgan fingerprint density at radius 1 is 0.697 bits per heavy atom. The van der Waals surface area contributed by atoms with Gasteiger partial charge in [-0.1, -0.05) is 55.0 Å². The first-order valence-corrected chi connectivity index (χ1v) is 21.1. The largest absolute Gasteiger partial charge is 0.481 e. The summed E-state index contributed by atoms with van der Waals surface area (Å²) in [6, 6.07) is 23.8. The third-order valence-corrected chi connectivity index (χ3v) is 12.0. The van der Waals surface area contributed by atoms with Crippen LogP contribution in [0.3, 0.4) is 0 Å². The van der Waals surface area contributed by atoms with Crippen LogP contribution in [0.4, 0.5) is 0 Å². The molecule has 15 nitrogen and oxygen atoms in total. The van der Waals surface area contributed by atoms with E-state index in [0.717, 1.165) is 49.9 Å². The molecule has 66 heavy (non-hydrogen) atoms. The predicted octanol–water partition coefficient (Wildman–Crippen LogP) is 6.38. The quantitative estimate of drug-likeness (QED) is 0.0511. The number of terminal acetylenes is 1. The van der Waals surface area contributed by atoms with Gasteiger partial charge in [-0.2, -0.15) is 0 Å². The molecule has 0 radical (unpaired) electrons. The Morgan fingerprint density at radius 2 is 1.20 bits per heavy atom. The maximum Gasteiger partial charge on any atom is 0.337 e. The summed E-state index contributed by atoms with van der Waals surface area (Å²) in [4.78, 5) is 85.1. The maximum absolute atomic E-state index is 13.1. The van der Waals surface area contributed by atoms with Crippen molar-refractivity contribution in [3.63, 3.8) is 0 Å². The molecule has 6 aromatic rings. The van der Waals surface area contributed by atoms with Crippen LogP contribution in [-0.4, -0.2) is 108 Å². The lowest BCUT2D eigenvalue weighted by Crippen LogP contribution is -2.52. The average Bonchev–Trinajstić information content (AvgIpc) is 3.93. The lowest BCUT2D eigenvalue weighted by molar-refractivity contribution is -0.154. The molecule has 2 aromatic heterocycles. The normalized spacial score (nSPS) is 17.2. The van der Waals surface area contributed by atoms with Crippen LogP contribution in [-0.2, 0) is 51.0 Å². The molecule has 16 heteroatoms. The van der Waals surface area contributed by atoms with Crippen molar-refractivity contribution in [2.45, 2.75) is 37.0 Å². The van der Waals surface area contributed by atoms with E-state index < -0.39 is 54.0 Å². The molecular formula is C50H45ClN4O11. The molecule has 0 fully saturated rings. The number of hydrogen-bond acceptors (Lipinski definition) is 11. The van der Waals surface area contributed by atoms with Crippen molar-refractivity contribution in [1.29, 1.82) is 0 Å². The lowest BCUT2D eigenvalue weighted by atomic mass is 9.87. The second kappa shape index (κ2) is 19.9. The number of para-hydroxylation sites is 1. The molecule has 0 saturated heterocycles. The van der Waals surface area contributed by atoms with E-state index in [1.807, 2.05) is 36.4 Å². The van der Waals surface area contributed by atoms with Gasteiger partial charge in [-0.3, -0.25) is 9.59 Å². The smallest absolute Gasteiger partial charge is 0.337 e. The molecule has 2 N–H and O–H groups in total. The van der Waals surface area contributed by atoms with Crippen LogP contribution >= 0.6 is 11.6 Å². The van der Waals surface area contributed by atoms with Gasteiger partial charge in [0, 0.05) is 46.0 Å². The zero-order chi connectivity index (χ0) is 47.2. The highest BCUT2D eigenvalue weighted by molar-refractivity contribution is 6.27. The number of esters is 4. The Balaban J connectivity index is 0.000000198. The number of hydrogen-bond donors (Lipinski definition) is 2. The number of benzene rings is 4. The molecular weight excluding hydrogens is 868 g/mol. The first kappa shape index (κ1) is 46.2. The number of aromatic nitrogens is 2. The Hall–Kier alpha value is -7.83. The highest BCUT2D eigenvalue weighted by Gasteiger charge is 2.45. The Bertz CT molecular complexity index is 2900. The number of methoxy groups -OCH3 is 4. The first-order chi connectivity index (χ1) is 31.9. The number of nitrogens with one attached hydrogen (secondary N) is 2. The molecule has 338 valence electrons. The van der Waals surface area contributed by atoms with Crippen LogP contribution in [0.5, 0.6) is 5.75 Å². The van der Waals surface area contributed by atoms with Crippen LogP contribution in [0.25, 0.3) is 21.8 Å². The Labute approximate surface area is 384 Å². The van der Waals surface area contributed by atoms with E-state index in [-0.39, 0.29) is 24.8 Å². The van der Waals surface area contributed by atoms with E-state index in [9.17, 15) is 28.8 Å². The summed E-state index contributed by atoms with van der Waals surface area (Å²) in [5, 5.41) is 1.84. The number of amides is 2. The van der Waals surface area contributed by atoms with Gasteiger partial charge in [-0.15, -0.1) is 18.0 Å². The van der Waals surface area contributed by atoms with E-state index in [1.54, 1.807) is 54.6 Å². The minimum atomic E-state index is -0.904. The topological polar surface area (TPSA) is 187 Å². The van der Waals surface area contributed by atoms with Gasteiger partial charge in [0.1, 0.15) is 30.3 Å². The van der Waals surface area contributed by atoms with Crippen LogP contribution in [0.15, 0.2) is 104 Å². The van der Waals surface area contributed by atoms with Crippen LogP contribution in [0.1, 0.15) is 66.4 Å². The molecule has 0 saturated carbocycles. The van der Waals surface area contributed by atoms with Crippen LogP contribution in [0.2, 0.25) is 0 Å². The monoisotopic (exact) mass is 912 g/mol. The molecule has 2 aliphatic rings. The van der Waals surface area contributed by atoms with E-state index in [2.05, 4.69) is 22.5 Å². The van der Waals surface area contributed by atoms with Gasteiger partial charge in [-0.25, -0.2) is 19.2 Å². The van der Waals surface area contributed by atoms with Gasteiger partial charge in [0.15, 0.2) is 0 Å². The molecule has 4 atom stereocenters. The number of ether oxygens (including phenoxy) is 5. The number of H-pyrrole nitrogens is 2. The van der Waals surface area contributed by atoms with E-state index in [0.29, 0.717) is 28.9 Å². The zero-order valence-electron chi connectivity index (χ0n) is 36.4. The molecule has 0 aliphatic carbocycles. The van der Waals surface area contributed by atoms with Gasteiger partial charge in [0.25, 0.3) is 0 Å². The molecule has 2 aliphatic heterocycles. The summed E-state index contributed by atoms with van der Waals surface area (Å²) in [7, 11) is 5.21. The highest BCUT2D eigenvalue weighted by Crippen LogP contribution is 2.43. The van der Waals surface area contributed by atoms with Gasteiger partial charge >= 0.3 is 23.9 Å². The lowest BCUT2D eigenvalue weighted by Gasteiger charge is -2.40. The molecule has 4 heterocycles. The second-order valence-electron chi connectivity index (χ2n) is 15.2.